The van der Waals surface area contributed by atoms with Crippen molar-refractivity contribution in [3.05, 3.63) is 29.8 Å². The minimum absolute atomic E-state index is 0.0495. The molecule has 1 aliphatic rings. The molecule has 0 bridgehead atoms. The van der Waals surface area contributed by atoms with Gasteiger partial charge in [-0.05, 0) is 31.2 Å². The lowest BCUT2D eigenvalue weighted by Gasteiger charge is -2.33. The summed E-state index contributed by atoms with van der Waals surface area (Å²) in [7, 11) is -6.52. The molecule has 128 valence electrons. The summed E-state index contributed by atoms with van der Waals surface area (Å²) in [5, 5.41) is 0. The van der Waals surface area contributed by atoms with Crippen molar-refractivity contribution in [2.45, 2.75) is 11.8 Å². The van der Waals surface area contributed by atoms with Gasteiger partial charge in [0.25, 0.3) is 5.91 Å². The van der Waals surface area contributed by atoms with Gasteiger partial charge in [-0.1, -0.05) is 0 Å². The van der Waals surface area contributed by atoms with E-state index in [1.165, 1.54) is 28.6 Å². The standard InChI is InChI=1S/C14H20N2O5S2/c1-3-23(20,21)16-10-8-15(9-11-16)14(17)12-4-6-13(7-5-12)22(2,18)19/h4-7H,3,8-11H2,1-2H3. The first-order chi connectivity index (χ1) is 10.6. The lowest BCUT2D eigenvalue weighted by molar-refractivity contribution is 0.0698. The number of carbonyl (C=O) groups excluding carboxylic acids is 1. The Kier molecular flexibility index (Phi) is 5.12. The smallest absolute Gasteiger partial charge is 0.253 e. The summed E-state index contributed by atoms with van der Waals surface area (Å²) in [4.78, 5) is 14.1. The van der Waals surface area contributed by atoms with Crippen molar-refractivity contribution in [2.24, 2.45) is 0 Å². The van der Waals surface area contributed by atoms with E-state index in [4.69, 9.17) is 0 Å². The van der Waals surface area contributed by atoms with Crippen molar-refractivity contribution in [1.29, 1.82) is 0 Å². The summed E-state index contributed by atoms with van der Waals surface area (Å²) in [6, 6.07) is 5.77. The third-order valence-electron chi connectivity index (χ3n) is 3.81. The van der Waals surface area contributed by atoms with Crippen LogP contribution in [0, 0.1) is 0 Å². The van der Waals surface area contributed by atoms with Gasteiger partial charge in [-0.25, -0.2) is 16.8 Å². The number of hydrogen-bond donors (Lipinski definition) is 0. The molecule has 0 unspecified atom stereocenters. The molecule has 0 saturated carbocycles. The Hall–Kier alpha value is -1.45. The molecule has 1 fully saturated rings. The van der Waals surface area contributed by atoms with Crippen molar-refractivity contribution in [1.82, 2.24) is 9.21 Å². The van der Waals surface area contributed by atoms with Crippen LogP contribution in [-0.2, 0) is 19.9 Å². The fraction of sp³-hybridized carbons (Fsp3) is 0.500. The van der Waals surface area contributed by atoms with Gasteiger partial charge in [0.1, 0.15) is 0 Å². The van der Waals surface area contributed by atoms with Crippen LogP contribution in [0.4, 0.5) is 0 Å². The van der Waals surface area contributed by atoms with Gasteiger partial charge in [0.05, 0.1) is 10.6 Å². The van der Waals surface area contributed by atoms with Gasteiger partial charge < -0.3 is 4.90 Å². The third-order valence-corrected chi connectivity index (χ3v) is 6.82. The third kappa shape index (κ3) is 4.10. The molecule has 1 aromatic carbocycles. The van der Waals surface area contributed by atoms with Crippen LogP contribution < -0.4 is 0 Å². The molecule has 7 nitrogen and oxygen atoms in total. The van der Waals surface area contributed by atoms with E-state index in [1.807, 2.05) is 0 Å². The average molecular weight is 360 g/mol. The zero-order valence-corrected chi connectivity index (χ0v) is 14.7. The van der Waals surface area contributed by atoms with Gasteiger partial charge in [-0.15, -0.1) is 0 Å². The lowest BCUT2D eigenvalue weighted by atomic mass is 10.2. The van der Waals surface area contributed by atoms with E-state index in [0.29, 0.717) is 18.7 Å². The van der Waals surface area contributed by atoms with Crippen molar-refractivity contribution >= 4 is 25.8 Å². The molecule has 0 aromatic heterocycles. The van der Waals surface area contributed by atoms with Crippen molar-refractivity contribution in [3.63, 3.8) is 0 Å². The predicted octanol–water partition coefficient (Wildman–Crippen LogP) is 0.198. The highest BCUT2D eigenvalue weighted by atomic mass is 32.2. The normalized spacial score (nSPS) is 17.2. The molecule has 0 spiro atoms. The molecule has 1 heterocycles. The maximum Gasteiger partial charge on any atom is 0.253 e. The number of benzene rings is 1. The van der Waals surface area contributed by atoms with E-state index in [0.717, 1.165) is 6.26 Å². The second-order valence-electron chi connectivity index (χ2n) is 5.39. The van der Waals surface area contributed by atoms with E-state index in [1.54, 1.807) is 11.8 Å². The maximum absolute atomic E-state index is 12.4. The number of piperazine rings is 1. The van der Waals surface area contributed by atoms with Gasteiger partial charge in [0, 0.05) is 38.0 Å². The van der Waals surface area contributed by atoms with Crippen molar-refractivity contribution in [2.75, 3.05) is 38.2 Å². The summed E-state index contributed by atoms with van der Waals surface area (Å²) in [6.07, 6.45) is 1.11. The number of sulfone groups is 1. The second-order valence-corrected chi connectivity index (χ2v) is 9.66. The number of sulfonamides is 1. The van der Waals surface area contributed by atoms with Gasteiger partial charge in [0.15, 0.2) is 9.84 Å². The molecule has 9 heteroatoms. The van der Waals surface area contributed by atoms with Crippen LogP contribution in [0.5, 0.6) is 0 Å². The van der Waals surface area contributed by atoms with Gasteiger partial charge in [-0.3, -0.25) is 4.79 Å². The molecule has 1 saturated heterocycles. The molecule has 0 radical (unpaired) electrons. The average Bonchev–Trinajstić information content (AvgIpc) is 2.53. The van der Waals surface area contributed by atoms with Crippen LogP contribution in [0.25, 0.3) is 0 Å². The Morgan fingerprint density at radius 3 is 1.96 bits per heavy atom. The first-order valence-corrected chi connectivity index (χ1v) is 10.7. The molecule has 1 aromatic rings. The van der Waals surface area contributed by atoms with E-state index in [9.17, 15) is 21.6 Å². The minimum Gasteiger partial charge on any atom is -0.336 e. The van der Waals surface area contributed by atoms with E-state index in [2.05, 4.69) is 0 Å². The highest BCUT2D eigenvalue weighted by Crippen LogP contribution is 2.14. The zero-order valence-electron chi connectivity index (χ0n) is 13.1. The number of rotatable bonds is 4. The van der Waals surface area contributed by atoms with Crippen LogP contribution in [0.3, 0.4) is 0 Å². The number of carbonyl (C=O) groups is 1. The molecular formula is C14H20N2O5S2. The van der Waals surface area contributed by atoms with E-state index >= 15 is 0 Å². The van der Waals surface area contributed by atoms with Gasteiger partial charge >= 0.3 is 0 Å². The van der Waals surface area contributed by atoms with Crippen molar-refractivity contribution in [3.8, 4) is 0 Å². The Bertz CT molecular complexity index is 777. The Labute approximate surface area is 136 Å². The zero-order chi connectivity index (χ0) is 17.3. The lowest BCUT2D eigenvalue weighted by Crippen LogP contribution is -2.50. The molecular weight excluding hydrogens is 340 g/mol. The summed E-state index contributed by atoms with van der Waals surface area (Å²) in [6.45, 7) is 2.81. The fourth-order valence-corrected chi connectivity index (χ4v) is 4.09. The van der Waals surface area contributed by atoms with Crippen LogP contribution in [0.1, 0.15) is 17.3 Å². The summed E-state index contributed by atoms with van der Waals surface area (Å²) in [5.41, 5.74) is 0.393. The first kappa shape index (κ1) is 17.9. The monoisotopic (exact) mass is 360 g/mol. The molecule has 2 rings (SSSR count). The minimum atomic E-state index is -3.30. The van der Waals surface area contributed by atoms with E-state index < -0.39 is 19.9 Å². The van der Waals surface area contributed by atoms with Crippen LogP contribution >= 0.6 is 0 Å². The van der Waals surface area contributed by atoms with Crippen LogP contribution in [0.2, 0.25) is 0 Å². The number of nitrogens with zero attached hydrogens (tertiary/aromatic N) is 2. The fourth-order valence-electron chi connectivity index (χ4n) is 2.38. The van der Waals surface area contributed by atoms with Gasteiger partial charge in [-0.2, -0.15) is 4.31 Å². The van der Waals surface area contributed by atoms with E-state index in [-0.39, 0.29) is 29.6 Å². The summed E-state index contributed by atoms with van der Waals surface area (Å²) >= 11 is 0. The van der Waals surface area contributed by atoms with Crippen LogP contribution in [-0.4, -0.2) is 70.1 Å². The summed E-state index contributed by atoms with van der Waals surface area (Å²) < 4.78 is 47.8. The highest BCUT2D eigenvalue weighted by Gasteiger charge is 2.28. The topological polar surface area (TPSA) is 91.8 Å². The maximum atomic E-state index is 12.4. The highest BCUT2D eigenvalue weighted by molar-refractivity contribution is 7.90. The molecule has 23 heavy (non-hydrogen) atoms. The molecule has 0 atom stereocenters. The molecule has 0 aliphatic carbocycles. The van der Waals surface area contributed by atoms with Gasteiger partial charge in [0.2, 0.25) is 10.0 Å². The molecule has 0 N–H and O–H groups in total. The number of amides is 1. The predicted molar refractivity (Wildman–Crippen MR) is 86.5 cm³/mol. The Morgan fingerprint density at radius 1 is 1.00 bits per heavy atom. The van der Waals surface area contributed by atoms with Crippen LogP contribution in [0.15, 0.2) is 29.2 Å². The largest absolute Gasteiger partial charge is 0.336 e. The SMILES string of the molecule is CCS(=O)(=O)N1CCN(C(=O)c2ccc(S(C)(=O)=O)cc2)CC1. The quantitative estimate of drug-likeness (QED) is 0.765. The molecule has 1 aliphatic heterocycles. The second kappa shape index (κ2) is 6.58. The Balaban J connectivity index is 2.06. The number of hydrogen-bond acceptors (Lipinski definition) is 5. The van der Waals surface area contributed by atoms with Crippen molar-refractivity contribution < 1.29 is 21.6 Å². The first-order valence-electron chi connectivity index (χ1n) is 7.22. The Morgan fingerprint density at radius 2 is 1.52 bits per heavy atom. The molecule has 1 amide bonds. The summed E-state index contributed by atoms with van der Waals surface area (Å²) in [5.74, 6) is -0.174.